The number of benzene rings is 1. The molecule has 6 nitrogen and oxygen atoms in total. The first-order chi connectivity index (χ1) is 13.7. The Morgan fingerprint density at radius 2 is 2.14 bits per heavy atom. The maximum Gasteiger partial charge on any atom is 0.275 e. The summed E-state index contributed by atoms with van der Waals surface area (Å²) in [5, 5.41) is 5.11. The molecule has 152 valence electrons. The van der Waals surface area contributed by atoms with Crippen molar-refractivity contribution in [2.45, 2.75) is 32.0 Å². The summed E-state index contributed by atoms with van der Waals surface area (Å²) >= 11 is 1.73. The summed E-state index contributed by atoms with van der Waals surface area (Å²) in [6, 6.07) is 9.86. The number of ether oxygens (including phenoxy) is 3. The van der Waals surface area contributed by atoms with Crippen molar-refractivity contribution in [2.75, 3.05) is 33.9 Å². The average molecular weight is 406 g/mol. The van der Waals surface area contributed by atoms with Crippen molar-refractivity contribution in [1.82, 2.24) is 5.32 Å². The van der Waals surface area contributed by atoms with Crippen LogP contribution in [0.1, 0.15) is 23.3 Å². The Morgan fingerprint density at radius 3 is 2.82 bits per heavy atom. The highest BCUT2D eigenvalue weighted by molar-refractivity contribution is 7.09. The van der Waals surface area contributed by atoms with E-state index >= 15 is 0 Å². The monoisotopic (exact) mass is 405 g/mol. The standard InChI is InChI=1S/C21H28N2O4S/c1-25-19-8-7-16(11-20(19)26-2)12-22-21(24)15-23(13-17-5-3-9-27-17)14-18-6-4-10-28-18/h4,6-8,10-11,17H,3,5,9,12-15H2,1-2H3,(H,22,24)/p+1/t17-/m1/s1. The fraction of sp³-hybridized carbons (Fsp3) is 0.476. The van der Waals surface area contributed by atoms with Gasteiger partial charge in [-0.15, -0.1) is 11.3 Å². The zero-order valence-electron chi connectivity index (χ0n) is 16.5. The third-order valence-electron chi connectivity index (χ3n) is 4.89. The molecule has 3 rings (SSSR count). The predicted octanol–water partition coefficient (Wildman–Crippen LogP) is 1.65. The average Bonchev–Trinajstić information content (AvgIpc) is 3.40. The summed E-state index contributed by atoms with van der Waals surface area (Å²) in [5.74, 6) is 1.39. The van der Waals surface area contributed by atoms with Crippen LogP contribution in [-0.2, 0) is 22.6 Å². The molecule has 1 aromatic carbocycles. The van der Waals surface area contributed by atoms with Crippen LogP contribution in [0.3, 0.4) is 0 Å². The molecular weight excluding hydrogens is 376 g/mol. The van der Waals surface area contributed by atoms with Gasteiger partial charge in [-0.3, -0.25) is 4.79 Å². The maximum atomic E-state index is 12.6. The number of thiophene rings is 1. The topological polar surface area (TPSA) is 61.2 Å². The van der Waals surface area contributed by atoms with E-state index in [1.807, 2.05) is 18.2 Å². The molecule has 2 aromatic rings. The molecule has 1 amide bonds. The van der Waals surface area contributed by atoms with Gasteiger partial charge >= 0.3 is 0 Å². The zero-order valence-corrected chi connectivity index (χ0v) is 17.3. The molecule has 0 spiro atoms. The van der Waals surface area contributed by atoms with E-state index in [1.54, 1.807) is 25.6 Å². The molecule has 1 aromatic heterocycles. The summed E-state index contributed by atoms with van der Waals surface area (Å²) in [6.07, 6.45) is 2.46. The minimum Gasteiger partial charge on any atom is -0.493 e. The third-order valence-corrected chi connectivity index (χ3v) is 5.77. The Bertz CT molecular complexity index is 745. The number of quaternary nitrogens is 1. The Morgan fingerprint density at radius 1 is 1.29 bits per heavy atom. The molecule has 1 saturated heterocycles. The van der Waals surface area contributed by atoms with E-state index in [-0.39, 0.29) is 12.0 Å². The summed E-state index contributed by atoms with van der Waals surface area (Å²) in [5.41, 5.74) is 0.977. The normalized spacial score (nSPS) is 17.3. The quantitative estimate of drug-likeness (QED) is 0.631. The molecule has 1 unspecified atom stereocenters. The summed E-state index contributed by atoms with van der Waals surface area (Å²) in [4.78, 5) is 15.1. The van der Waals surface area contributed by atoms with Crippen molar-refractivity contribution >= 4 is 17.2 Å². The van der Waals surface area contributed by atoms with Gasteiger partial charge in [0.05, 0.1) is 19.1 Å². The van der Waals surface area contributed by atoms with Crippen molar-refractivity contribution in [1.29, 1.82) is 0 Å². The van der Waals surface area contributed by atoms with E-state index in [0.717, 1.165) is 38.1 Å². The van der Waals surface area contributed by atoms with E-state index in [4.69, 9.17) is 14.2 Å². The number of nitrogens with one attached hydrogen (secondary N) is 2. The largest absolute Gasteiger partial charge is 0.493 e. The summed E-state index contributed by atoms with van der Waals surface area (Å²) in [7, 11) is 3.22. The summed E-state index contributed by atoms with van der Waals surface area (Å²) in [6.45, 7) is 3.45. The lowest BCUT2D eigenvalue weighted by Crippen LogP contribution is -3.13. The fourth-order valence-electron chi connectivity index (χ4n) is 3.47. The van der Waals surface area contributed by atoms with Crippen molar-refractivity contribution < 1.29 is 23.9 Å². The summed E-state index contributed by atoms with van der Waals surface area (Å²) < 4.78 is 16.4. The molecule has 1 aliphatic rings. The fourth-order valence-corrected chi connectivity index (χ4v) is 4.25. The van der Waals surface area contributed by atoms with Gasteiger partial charge in [-0.25, -0.2) is 0 Å². The first-order valence-electron chi connectivity index (χ1n) is 9.63. The Kier molecular flexibility index (Phi) is 7.71. The molecular formula is C21H29N2O4S+. The Hall–Kier alpha value is -2.09. The number of hydrogen-bond acceptors (Lipinski definition) is 5. The van der Waals surface area contributed by atoms with Gasteiger partial charge in [0, 0.05) is 13.2 Å². The van der Waals surface area contributed by atoms with E-state index < -0.39 is 0 Å². The molecule has 0 bridgehead atoms. The lowest BCUT2D eigenvalue weighted by Gasteiger charge is -2.21. The SMILES string of the molecule is COc1ccc(CNC(=O)C[NH+](Cc2cccs2)C[C@H]2CCCO2)cc1OC. The first-order valence-corrected chi connectivity index (χ1v) is 10.5. The highest BCUT2D eigenvalue weighted by atomic mass is 32.1. The lowest BCUT2D eigenvalue weighted by molar-refractivity contribution is -0.908. The second-order valence-electron chi connectivity index (χ2n) is 6.99. The second-order valence-corrected chi connectivity index (χ2v) is 8.02. The van der Waals surface area contributed by atoms with Gasteiger partial charge in [0.2, 0.25) is 0 Å². The number of hydrogen-bond donors (Lipinski definition) is 2. The van der Waals surface area contributed by atoms with Crippen LogP contribution in [0.4, 0.5) is 0 Å². The molecule has 2 heterocycles. The molecule has 7 heteroatoms. The smallest absolute Gasteiger partial charge is 0.275 e. The van der Waals surface area contributed by atoms with Crippen LogP contribution in [-0.4, -0.2) is 45.9 Å². The van der Waals surface area contributed by atoms with Crippen LogP contribution < -0.4 is 19.7 Å². The van der Waals surface area contributed by atoms with Crippen molar-refractivity contribution in [2.24, 2.45) is 0 Å². The number of amides is 1. The lowest BCUT2D eigenvalue weighted by atomic mass is 10.2. The number of rotatable bonds is 10. The van der Waals surface area contributed by atoms with E-state index in [2.05, 4.69) is 22.8 Å². The number of carbonyl (C=O) groups excluding carboxylic acids is 1. The first kappa shape index (κ1) is 20.6. The molecule has 0 saturated carbocycles. The van der Waals surface area contributed by atoms with E-state index in [1.165, 1.54) is 9.78 Å². The van der Waals surface area contributed by atoms with E-state index in [9.17, 15) is 4.79 Å². The highest BCUT2D eigenvalue weighted by Crippen LogP contribution is 2.27. The van der Waals surface area contributed by atoms with Crippen LogP contribution in [0, 0.1) is 0 Å². The van der Waals surface area contributed by atoms with Gasteiger partial charge in [-0.2, -0.15) is 0 Å². The van der Waals surface area contributed by atoms with Gasteiger partial charge in [0.1, 0.15) is 19.2 Å². The molecule has 0 aliphatic carbocycles. The molecule has 28 heavy (non-hydrogen) atoms. The van der Waals surface area contributed by atoms with Crippen LogP contribution in [0.25, 0.3) is 0 Å². The predicted molar refractivity (Wildman–Crippen MR) is 109 cm³/mol. The zero-order chi connectivity index (χ0) is 19.8. The molecule has 0 radical (unpaired) electrons. The molecule has 1 aliphatic heterocycles. The van der Waals surface area contributed by atoms with Crippen molar-refractivity contribution in [3.63, 3.8) is 0 Å². The van der Waals surface area contributed by atoms with Crippen molar-refractivity contribution in [3.05, 3.63) is 46.2 Å². The van der Waals surface area contributed by atoms with E-state index in [0.29, 0.717) is 24.6 Å². The van der Waals surface area contributed by atoms with Gasteiger partial charge in [-0.05, 0) is 42.0 Å². The van der Waals surface area contributed by atoms with Gasteiger partial charge < -0.3 is 24.4 Å². The number of carbonyl (C=O) groups is 1. The van der Waals surface area contributed by atoms with Gasteiger partial charge in [-0.1, -0.05) is 12.1 Å². The van der Waals surface area contributed by atoms with Crippen LogP contribution in [0.2, 0.25) is 0 Å². The Balaban J connectivity index is 1.55. The minimum atomic E-state index is 0.0411. The minimum absolute atomic E-state index is 0.0411. The maximum absolute atomic E-state index is 12.6. The molecule has 1 fully saturated rings. The molecule has 2 atom stereocenters. The second kappa shape index (κ2) is 10.5. The van der Waals surface area contributed by atoms with Crippen LogP contribution in [0.15, 0.2) is 35.7 Å². The molecule has 2 N–H and O–H groups in total. The highest BCUT2D eigenvalue weighted by Gasteiger charge is 2.24. The van der Waals surface area contributed by atoms with Crippen LogP contribution >= 0.6 is 11.3 Å². The third kappa shape index (κ3) is 5.95. The van der Waals surface area contributed by atoms with Gasteiger partial charge in [0.25, 0.3) is 5.91 Å². The van der Waals surface area contributed by atoms with Gasteiger partial charge in [0.15, 0.2) is 18.0 Å². The van der Waals surface area contributed by atoms with Crippen molar-refractivity contribution in [3.8, 4) is 11.5 Å². The number of methoxy groups -OCH3 is 2. The van der Waals surface area contributed by atoms with Crippen LogP contribution in [0.5, 0.6) is 11.5 Å². The Labute approximate surface area is 170 Å².